The maximum atomic E-state index is 11.8. The molecule has 7 heteroatoms. The van der Waals surface area contributed by atoms with Crippen LogP contribution in [0.5, 0.6) is 0 Å². The summed E-state index contributed by atoms with van der Waals surface area (Å²) in [6.45, 7) is 2.52. The van der Waals surface area contributed by atoms with Crippen LogP contribution in [0.2, 0.25) is 0 Å². The minimum Gasteiger partial charge on any atom is -0.458 e. The van der Waals surface area contributed by atoms with Crippen molar-refractivity contribution in [1.29, 1.82) is 0 Å². The Balaban J connectivity index is 2.03. The summed E-state index contributed by atoms with van der Waals surface area (Å²) in [7, 11) is -3.37. The molecule has 20 heavy (non-hydrogen) atoms. The molecule has 0 aromatic carbocycles. The normalized spacial score (nSPS) is 20.4. The summed E-state index contributed by atoms with van der Waals surface area (Å²) in [5, 5.41) is 0. The first kappa shape index (κ1) is 14.5. The topological polar surface area (TPSA) is 76.0 Å². The highest BCUT2D eigenvalue weighted by Gasteiger charge is 2.25. The van der Waals surface area contributed by atoms with E-state index in [9.17, 15) is 13.2 Å². The summed E-state index contributed by atoms with van der Waals surface area (Å²) in [6.07, 6.45) is 9.18. The highest BCUT2D eigenvalue weighted by atomic mass is 32.2. The van der Waals surface area contributed by atoms with Gasteiger partial charge in [0.05, 0.1) is 11.3 Å². The first-order valence-electron chi connectivity index (χ1n) is 6.33. The molecule has 0 amide bonds. The van der Waals surface area contributed by atoms with Crippen LogP contribution in [0, 0.1) is 0 Å². The predicted molar refractivity (Wildman–Crippen MR) is 75.5 cm³/mol. The van der Waals surface area contributed by atoms with Gasteiger partial charge in [-0.2, -0.15) is 0 Å². The zero-order valence-corrected chi connectivity index (χ0v) is 12.0. The summed E-state index contributed by atoms with van der Waals surface area (Å²) in [4.78, 5) is 13.4. The van der Waals surface area contributed by atoms with Crippen LogP contribution in [0.3, 0.4) is 0 Å². The Hall–Kier alpha value is -1.89. The molecule has 0 N–H and O–H groups in total. The van der Waals surface area contributed by atoms with Crippen molar-refractivity contribution in [2.24, 2.45) is 4.40 Å². The molecule has 0 bridgehead atoms. The lowest BCUT2D eigenvalue weighted by atomic mass is 10.2. The standard InChI is InChI=1S/C13H16N2O4S/c1-2-3-4-8-19-13(16)11-5-6-12-14-20(17,18)9-7-15(12)10-11/h3-6,10H,2,7-9H2,1H3/b4-3+. The number of rotatable bonds is 4. The van der Waals surface area contributed by atoms with Crippen LogP contribution in [0.4, 0.5) is 0 Å². The first-order valence-corrected chi connectivity index (χ1v) is 7.94. The highest BCUT2D eigenvalue weighted by molar-refractivity contribution is 7.90. The number of nitrogens with zero attached hydrogens (tertiary/aromatic N) is 2. The van der Waals surface area contributed by atoms with E-state index < -0.39 is 16.0 Å². The van der Waals surface area contributed by atoms with Gasteiger partial charge >= 0.3 is 5.97 Å². The zero-order chi connectivity index (χ0) is 14.6. The molecule has 0 saturated heterocycles. The number of carbonyl (C=O) groups is 1. The lowest BCUT2D eigenvalue weighted by Gasteiger charge is -2.26. The van der Waals surface area contributed by atoms with Gasteiger partial charge in [0.1, 0.15) is 12.4 Å². The smallest absolute Gasteiger partial charge is 0.339 e. The molecule has 6 nitrogen and oxygen atoms in total. The summed E-state index contributed by atoms with van der Waals surface area (Å²) >= 11 is 0. The Morgan fingerprint density at radius 2 is 2.25 bits per heavy atom. The van der Waals surface area contributed by atoms with Crippen molar-refractivity contribution in [3.63, 3.8) is 0 Å². The molecule has 0 fully saturated rings. The molecule has 0 aliphatic carbocycles. The van der Waals surface area contributed by atoms with Crippen LogP contribution >= 0.6 is 0 Å². The lowest BCUT2D eigenvalue weighted by molar-refractivity contribution is -0.137. The van der Waals surface area contributed by atoms with Gasteiger partial charge in [0.25, 0.3) is 10.0 Å². The molecular weight excluding hydrogens is 280 g/mol. The van der Waals surface area contributed by atoms with Crippen molar-refractivity contribution < 1.29 is 17.9 Å². The summed E-state index contributed by atoms with van der Waals surface area (Å²) in [5.41, 5.74) is 0.383. The Kier molecular flexibility index (Phi) is 4.39. The lowest BCUT2D eigenvalue weighted by Crippen LogP contribution is -2.37. The van der Waals surface area contributed by atoms with Crippen molar-refractivity contribution >= 4 is 21.8 Å². The van der Waals surface area contributed by atoms with Crippen LogP contribution < -0.4 is 0 Å². The fraction of sp³-hybridized carbons (Fsp3) is 0.385. The number of esters is 1. The molecule has 0 unspecified atom stereocenters. The number of sulfonamides is 1. The molecule has 2 aliphatic rings. The van der Waals surface area contributed by atoms with Crippen molar-refractivity contribution in [3.8, 4) is 0 Å². The highest BCUT2D eigenvalue weighted by Crippen LogP contribution is 2.16. The Bertz CT molecular complexity index is 614. The van der Waals surface area contributed by atoms with Crippen molar-refractivity contribution in [2.75, 3.05) is 18.9 Å². The van der Waals surface area contributed by atoms with E-state index in [1.165, 1.54) is 12.2 Å². The van der Waals surface area contributed by atoms with E-state index in [4.69, 9.17) is 4.74 Å². The number of allylic oxidation sites excluding steroid dienone is 1. The number of fused-ring (bicyclic) bond motifs is 1. The minimum absolute atomic E-state index is 0.0532. The maximum absolute atomic E-state index is 11.8. The summed E-state index contributed by atoms with van der Waals surface area (Å²) in [5.74, 6) is -0.157. The fourth-order valence-electron chi connectivity index (χ4n) is 1.76. The second-order valence-electron chi connectivity index (χ2n) is 4.32. The maximum Gasteiger partial charge on any atom is 0.339 e. The van der Waals surface area contributed by atoms with Gasteiger partial charge in [-0.25, -0.2) is 13.2 Å². The van der Waals surface area contributed by atoms with Gasteiger partial charge in [0.2, 0.25) is 0 Å². The molecule has 0 radical (unpaired) electrons. The van der Waals surface area contributed by atoms with Gasteiger partial charge in [-0.1, -0.05) is 19.1 Å². The van der Waals surface area contributed by atoms with Gasteiger partial charge in [0.15, 0.2) is 0 Å². The molecule has 0 spiro atoms. The molecule has 2 aliphatic heterocycles. The average Bonchev–Trinajstić information content (AvgIpc) is 2.42. The molecule has 0 saturated carbocycles. The van der Waals surface area contributed by atoms with E-state index >= 15 is 0 Å². The minimum atomic E-state index is -3.37. The first-order chi connectivity index (χ1) is 9.52. The Morgan fingerprint density at radius 1 is 1.45 bits per heavy atom. The van der Waals surface area contributed by atoms with Gasteiger partial charge in [-0.15, -0.1) is 4.40 Å². The molecule has 2 heterocycles. The average molecular weight is 296 g/mol. The third-order valence-electron chi connectivity index (χ3n) is 2.77. The third kappa shape index (κ3) is 3.57. The number of hydrogen-bond acceptors (Lipinski definition) is 5. The van der Waals surface area contributed by atoms with Crippen LogP contribution in [-0.2, 0) is 19.6 Å². The van der Waals surface area contributed by atoms with Gasteiger partial charge < -0.3 is 9.64 Å². The summed E-state index contributed by atoms with van der Waals surface area (Å²) in [6, 6.07) is 0. The van der Waals surface area contributed by atoms with E-state index in [1.807, 2.05) is 13.0 Å². The number of hydrogen-bond donors (Lipinski definition) is 0. The van der Waals surface area contributed by atoms with Crippen LogP contribution in [0.15, 0.2) is 40.5 Å². The second-order valence-corrected chi connectivity index (χ2v) is 6.08. The molecular formula is C13H16N2O4S. The zero-order valence-electron chi connectivity index (χ0n) is 11.2. The molecule has 108 valence electrons. The van der Waals surface area contributed by atoms with E-state index in [-0.39, 0.29) is 18.9 Å². The second kappa shape index (κ2) is 6.04. The van der Waals surface area contributed by atoms with Gasteiger partial charge in [-0.05, 0) is 18.6 Å². The molecule has 0 aromatic heterocycles. The van der Waals surface area contributed by atoms with Crippen molar-refractivity contribution in [3.05, 3.63) is 36.1 Å². The largest absolute Gasteiger partial charge is 0.458 e. The number of ether oxygens (including phenoxy) is 1. The van der Waals surface area contributed by atoms with Crippen molar-refractivity contribution in [1.82, 2.24) is 4.90 Å². The predicted octanol–water partition coefficient (Wildman–Crippen LogP) is 0.993. The molecule has 0 atom stereocenters. The van der Waals surface area contributed by atoms with Crippen LogP contribution in [0.25, 0.3) is 0 Å². The Morgan fingerprint density at radius 3 is 3.00 bits per heavy atom. The Labute approximate surface area is 118 Å². The molecule has 0 aromatic rings. The SMILES string of the molecule is CC/C=C/COC(=O)C1=CN2CCS(=O)(=O)N=C2C=C1. The number of carbonyl (C=O) groups excluding carboxylic acids is 1. The summed E-state index contributed by atoms with van der Waals surface area (Å²) < 4.78 is 31.4. The van der Waals surface area contributed by atoms with Gasteiger partial charge in [-0.3, -0.25) is 0 Å². The third-order valence-corrected chi connectivity index (χ3v) is 3.94. The fourth-order valence-corrected chi connectivity index (χ4v) is 2.73. The van der Waals surface area contributed by atoms with E-state index in [1.54, 1.807) is 17.2 Å². The van der Waals surface area contributed by atoms with E-state index in [2.05, 4.69) is 4.40 Å². The van der Waals surface area contributed by atoms with Crippen molar-refractivity contribution in [2.45, 2.75) is 13.3 Å². The molecule has 2 rings (SSSR count). The van der Waals surface area contributed by atoms with Crippen LogP contribution in [-0.4, -0.2) is 44.0 Å². The quantitative estimate of drug-likeness (QED) is 0.571. The van der Waals surface area contributed by atoms with E-state index in [0.29, 0.717) is 11.4 Å². The monoisotopic (exact) mass is 296 g/mol. The van der Waals surface area contributed by atoms with E-state index in [0.717, 1.165) is 6.42 Å². The number of amidine groups is 1. The van der Waals surface area contributed by atoms with Gasteiger partial charge in [0, 0.05) is 12.7 Å². The van der Waals surface area contributed by atoms with Crippen LogP contribution in [0.1, 0.15) is 13.3 Å².